The van der Waals surface area contributed by atoms with Gasteiger partial charge in [-0.2, -0.15) is 5.10 Å². The SMILES string of the molecule is COc1cc(/C=C/C(=O)c2c(C)nn3c4ccccc4n(C)c23)cc(Cl)c1OC(C)C. The number of fused-ring (bicyclic) bond motifs is 3. The average molecular weight is 438 g/mol. The van der Waals surface area contributed by atoms with E-state index < -0.39 is 0 Å². The van der Waals surface area contributed by atoms with Gasteiger partial charge in [-0.05, 0) is 56.7 Å². The first kappa shape index (κ1) is 21.0. The van der Waals surface area contributed by atoms with Gasteiger partial charge in [-0.1, -0.05) is 29.8 Å². The van der Waals surface area contributed by atoms with Crippen LogP contribution in [-0.4, -0.2) is 33.2 Å². The summed E-state index contributed by atoms with van der Waals surface area (Å²) < 4.78 is 15.0. The van der Waals surface area contributed by atoms with E-state index in [9.17, 15) is 4.79 Å². The van der Waals surface area contributed by atoms with Gasteiger partial charge in [0.1, 0.15) is 5.65 Å². The van der Waals surface area contributed by atoms with Crippen molar-refractivity contribution in [1.29, 1.82) is 0 Å². The summed E-state index contributed by atoms with van der Waals surface area (Å²) in [6, 6.07) is 11.5. The molecule has 0 unspecified atom stereocenters. The van der Waals surface area contributed by atoms with Crippen LogP contribution in [0.3, 0.4) is 0 Å². The lowest BCUT2D eigenvalue weighted by Gasteiger charge is -2.15. The van der Waals surface area contributed by atoms with Crippen LogP contribution in [0.1, 0.15) is 35.5 Å². The number of hydrogen-bond donors (Lipinski definition) is 0. The molecule has 31 heavy (non-hydrogen) atoms. The van der Waals surface area contributed by atoms with Gasteiger partial charge in [-0.3, -0.25) is 4.79 Å². The zero-order valence-corrected chi connectivity index (χ0v) is 18.9. The normalized spacial score (nSPS) is 11.8. The van der Waals surface area contributed by atoms with Crippen molar-refractivity contribution in [3.63, 3.8) is 0 Å². The third kappa shape index (κ3) is 3.68. The number of carbonyl (C=O) groups is 1. The summed E-state index contributed by atoms with van der Waals surface area (Å²) in [7, 11) is 3.50. The van der Waals surface area contributed by atoms with Crippen LogP contribution in [-0.2, 0) is 7.05 Å². The Labute approximate surface area is 185 Å². The predicted octanol–water partition coefficient (Wildman–Crippen LogP) is 5.48. The second kappa shape index (κ2) is 8.12. The van der Waals surface area contributed by atoms with Gasteiger partial charge in [-0.25, -0.2) is 4.52 Å². The molecule has 0 aliphatic rings. The molecule has 4 rings (SSSR count). The fraction of sp³-hybridized carbons (Fsp3) is 0.250. The zero-order valence-electron chi connectivity index (χ0n) is 18.1. The van der Waals surface area contributed by atoms with Crippen LogP contribution in [0.4, 0.5) is 0 Å². The standard InChI is InChI=1S/C24H24ClN3O3/c1-14(2)31-23-17(25)12-16(13-21(23)30-5)10-11-20(29)22-15(3)26-28-19-9-7-6-8-18(19)27(4)24(22)28/h6-14H,1-5H3/b11-10+. The number of imidazole rings is 1. The third-order valence-corrected chi connectivity index (χ3v) is 5.38. The summed E-state index contributed by atoms with van der Waals surface area (Å²) in [6.45, 7) is 5.69. The lowest BCUT2D eigenvalue weighted by Crippen LogP contribution is -2.07. The number of para-hydroxylation sites is 2. The van der Waals surface area contributed by atoms with Crippen LogP contribution in [0.2, 0.25) is 5.02 Å². The smallest absolute Gasteiger partial charge is 0.191 e. The number of ether oxygens (including phenoxy) is 2. The molecule has 0 aliphatic heterocycles. The summed E-state index contributed by atoms with van der Waals surface area (Å²) in [5, 5.41) is 5.03. The highest BCUT2D eigenvalue weighted by atomic mass is 35.5. The van der Waals surface area contributed by atoms with E-state index in [2.05, 4.69) is 5.10 Å². The number of aromatic nitrogens is 3. The zero-order chi connectivity index (χ0) is 22.3. The summed E-state index contributed by atoms with van der Waals surface area (Å²) >= 11 is 6.40. The topological polar surface area (TPSA) is 57.8 Å². The number of carbonyl (C=O) groups excluding carboxylic acids is 1. The van der Waals surface area contributed by atoms with Crippen molar-refractivity contribution in [3.8, 4) is 11.5 Å². The molecule has 6 nitrogen and oxygen atoms in total. The van der Waals surface area contributed by atoms with Gasteiger partial charge < -0.3 is 14.0 Å². The fourth-order valence-electron chi connectivity index (χ4n) is 3.76. The molecule has 0 saturated heterocycles. The molecular formula is C24H24ClN3O3. The van der Waals surface area contributed by atoms with Gasteiger partial charge in [0, 0.05) is 7.05 Å². The van der Waals surface area contributed by atoms with Crippen molar-refractivity contribution < 1.29 is 14.3 Å². The Morgan fingerprint density at radius 3 is 2.58 bits per heavy atom. The van der Waals surface area contributed by atoms with E-state index in [0.717, 1.165) is 22.2 Å². The number of allylic oxidation sites excluding steroid dienone is 1. The summed E-state index contributed by atoms with van der Waals surface area (Å²) in [5.41, 5.74) is 4.74. The van der Waals surface area contributed by atoms with Gasteiger partial charge in [0.2, 0.25) is 0 Å². The van der Waals surface area contributed by atoms with E-state index in [1.54, 1.807) is 25.3 Å². The number of rotatable bonds is 6. The number of methoxy groups -OCH3 is 1. The van der Waals surface area contributed by atoms with Gasteiger partial charge in [0.25, 0.3) is 0 Å². The number of ketones is 1. The molecule has 0 aliphatic carbocycles. The van der Waals surface area contributed by atoms with Crippen LogP contribution in [0.15, 0.2) is 42.5 Å². The molecule has 160 valence electrons. The quantitative estimate of drug-likeness (QED) is 0.296. The molecular weight excluding hydrogens is 414 g/mol. The largest absolute Gasteiger partial charge is 0.493 e. The van der Waals surface area contributed by atoms with Crippen molar-refractivity contribution in [2.45, 2.75) is 26.9 Å². The van der Waals surface area contributed by atoms with Crippen molar-refractivity contribution in [1.82, 2.24) is 14.2 Å². The van der Waals surface area contributed by atoms with Crippen molar-refractivity contribution in [2.24, 2.45) is 7.05 Å². The molecule has 0 bridgehead atoms. The molecule has 0 amide bonds. The Morgan fingerprint density at radius 1 is 1.19 bits per heavy atom. The summed E-state index contributed by atoms with van der Waals surface area (Å²) in [5.74, 6) is 0.884. The van der Waals surface area contributed by atoms with Crippen LogP contribution < -0.4 is 9.47 Å². The van der Waals surface area contributed by atoms with E-state index in [0.29, 0.717) is 27.8 Å². The van der Waals surface area contributed by atoms with E-state index in [-0.39, 0.29) is 11.9 Å². The lowest BCUT2D eigenvalue weighted by atomic mass is 10.1. The molecule has 0 saturated carbocycles. The fourth-order valence-corrected chi connectivity index (χ4v) is 4.03. The molecule has 2 heterocycles. The third-order valence-electron chi connectivity index (χ3n) is 5.10. The molecule has 2 aromatic carbocycles. The van der Waals surface area contributed by atoms with Crippen LogP contribution in [0.25, 0.3) is 22.8 Å². The molecule has 2 aromatic heterocycles. The second-order valence-corrected chi connectivity index (χ2v) is 8.05. The molecule has 4 aromatic rings. The highest BCUT2D eigenvalue weighted by Gasteiger charge is 2.21. The lowest BCUT2D eigenvalue weighted by molar-refractivity contribution is 0.104. The molecule has 7 heteroatoms. The minimum absolute atomic E-state index is 0.0390. The minimum atomic E-state index is -0.129. The van der Waals surface area contributed by atoms with E-state index in [4.69, 9.17) is 21.1 Å². The van der Waals surface area contributed by atoms with Crippen molar-refractivity contribution >= 4 is 40.1 Å². The minimum Gasteiger partial charge on any atom is -0.493 e. The van der Waals surface area contributed by atoms with Gasteiger partial charge in [-0.15, -0.1) is 0 Å². The first-order chi connectivity index (χ1) is 14.8. The van der Waals surface area contributed by atoms with Crippen LogP contribution in [0, 0.1) is 6.92 Å². The maximum Gasteiger partial charge on any atom is 0.191 e. The average Bonchev–Trinajstić information content (AvgIpc) is 3.21. The number of halogens is 1. The number of aryl methyl sites for hydroxylation is 2. The Balaban J connectivity index is 1.73. The van der Waals surface area contributed by atoms with Crippen LogP contribution in [0.5, 0.6) is 11.5 Å². The van der Waals surface area contributed by atoms with E-state index in [1.165, 1.54) is 6.08 Å². The first-order valence-corrected chi connectivity index (χ1v) is 10.4. The van der Waals surface area contributed by atoms with Crippen molar-refractivity contribution in [3.05, 3.63) is 64.3 Å². The Bertz CT molecular complexity index is 1330. The molecule has 0 N–H and O–H groups in total. The van der Waals surface area contributed by atoms with E-state index in [1.807, 2.05) is 61.2 Å². The summed E-state index contributed by atoms with van der Waals surface area (Å²) in [4.78, 5) is 13.2. The molecule has 0 fully saturated rings. The monoisotopic (exact) mass is 437 g/mol. The van der Waals surface area contributed by atoms with Crippen LogP contribution >= 0.6 is 11.6 Å². The van der Waals surface area contributed by atoms with Crippen molar-refractivity contribution in [2.75, 3.05) is 7.11 Å². The first-order valence-electron chi connectivity index (χ1n) is 10.0. The second-order valence-electron chi connectivity index (χ2n) is 7.64. The maximum absolute atomic E-state index is 13.2. The number of benzene rings is 2. The maximum atomic E-state index is 13.2. The van der Waals surface area contributed by atoms with Gasteiger partial charge in [0.05, 0.1) is 40.5 Å². The van der Waals surface area contributed by atoms with Gasteiger partial charge >= 0.3 is 0 Å². The Morgan fingerprint density at radius 2 is 1.90 bits per heavy atom. The number of nitrogens with zero attached hydrogens (tertiary/aromatic N) is 3. The Kier molecular flexibility index (Phi) is 5.50. The predicted molar refractivity (Wildman–Crippen MR) is 124 cm³/mol. The van der Waals surface area contributed by atoms with Gasteiger partial charge in [0.15, 0.2) is 17.3 Å². The molecule has 0 atom stereocenters. The number of hydrogen-bond acceptors (Lipinski definition) is 4. The Hall–Kier alpha value is -3.25. The highest BCUT2D eigenvalue weighted by Crippen LogP contribution is 2.37. The van der Waals surface area contributed by atoms with E-state index >= 15 is 0 Å². The summed E-state index contributed by atoms with van der Waals surface area (Å²) in [6.07, 6.45) is 3.22. The molecule has 0 spiro atoms. The highest BCUT2D eigenvalue weighted by molar-refractivity contribution is 6.32. The molecule has 0 radical (unpaired) electrons.